The van der Waals surface area contributed by atoms with E-state index in [0.29, 0.717) is 0 Å². The van der Waals surface area contributed by atoms with Gasteiger partial charge in [-0.05, 0) is 37.9 Å². The molecule has 0 aliphatic carbocycles. The van der Waals surface area contributed by atoms with E-state index in [1.807, 2.05) is 6.92 Å². The molecule has 2 unspecified atom stereocenters. The Morgan fingerprint density at radius 3 is 2.19 bits per heavy atom. The van der Waals surface area contributed by atoms with Crippen molar-refractivity contribution in [2.24, 2.45) is 5.92 Å². The monoisotopic (exact) mass is 392 g/mol. The molecule has 0 radical (unpaired) electrons. The van der Waals surface area contributed by atoms with E-state index in [1.54, 1.807) is 26.8 Å². The van der Waals surface area contributed by atoms with Crippen LogP contribution in [0.3, 0.4) is 0 Å². The smallest absolute Gasteiger partial charge is 0.407 e. The molecule has 0 rings (SSSR count). The fourth-order valence-electron chi connectivity index (χ4n) is 1.75. The molecule has 0 spiro atoms. The number of allylic oxidation sites excluding steroid dienone is 1. The van der Waals surface area contributed by atoms with Crippen LogP contribution in [0, 0.1) is 5.92 Å². The molecular weight excluding hydrogens is 356 g/mol. The highest BCUT2D eigenvalue weighted by atomic mass is 32.2. The van der Waals surface area contributed by atoms with Gasteiger partial charge in [-0.2, -0.15) is 0 Å². The summed E-state index contributed by atoms with van der Waals surface area (Å²) in [4.78, 5) is 36.9. The van der Waals surface area contributed by atoms with Crippen molar-refractivity contribution in [3.63, 3.8) is 0 Å². The molecule has 2 atom stereocenters. The number of nitrogens with one attached hydrogen (secondary N) is 1. The Labute approximate surface area is 163 Å². The van der Waals surface area contributed by atoms with Gasteiger partial charge in [-0.15, -0.1) is 0 Å². The van der Waals surface area contributed by atoms with E-state index in [2.05, 4.69) is 5.32 Å². The lowest BCUT2D eigenvalue weighted by Gasteiger charge is -2.31. The van der Waals surface area contributed by atoms with Gasteiger partial charge in [0.1, 0.15) is 6.73 Å². The van der Waals surface area contributed by atoms with Gasteiger partial charge in [0.2, 0.25) is 0 Å². The van der Waals surface area contributed by atoms with Crippen molar-refractivity contribution in [1.82, 2.24) is 10.2 Å². The van der Waals surface area contributed by atoms with E-state index >= 15 is 0 Å². The van der Waals surface area contributed by atoms with Crippen LogP contribution in [0.25, 0.3) is 0 Å². The summed E-state index contributed by atoms with van der Waals surface area (Å²) in [6.07, 6.45) is 1.42. The van der Waals surface area contributed by atoms with Gasteiger partial charge in [0.25, 0.3) is 5.91 Å². The van der Waals surface area contributed by atoms with Crippen LogP contribution in [0.5, 0.6) is 0 Å². The molecule has 0 bridgehead atoms. The Hall–Kier alpha value is -1.54. The molecule has 0 aliphatic heterocycles. The van der Waals surface area contributed by atoms with Gasteiger partial charge >= 0.3 is 6.09 Å². The molecule has 0 aromatic carbocycles. The molecule has 8 heteroatoms. The zero-order valence-electron chi connectivity index (χ0n) is 15.2. The molecule has 2 amide bonds. The Kier molecular flexibility index (Phi) is 17.6. The maximum Gasteiger partial charge on any atom is 0.407 e. The van der Waals surface area contributed by atoms with Crippen molar-refractivity contribution in [2.75, 3.05) is 19.5 Å². The minimum absolute atomic E-state index is 0. The third-order valence-corrected chi connectivity index (χ3v) is 3.57. The van der Waals surface area contributed by atoms with Crippen molar-refractivity contribution in [3.05, 3.63) is 12.2 Å². The largest absolute Gasteiger partial charge is 0.436 e. The molecule has 0 saturated heterocycles. The van der Waals surface area contributed by atoms with Crippen molar-refractivity contribution >= 4 is 29.8 Å². The zero-order valence-corrected chi connectivity index (χ0v) is 16.0. The second-order valence-electron chi connectivity index (χ2n) is 5.49. The number of ether oxygens (including phenoxy) is 1. The second-order valence-corrected chi connectivity index (χ2v) is 6.54. The predicted molar refractivity (Wildman–Crippen MR) is 108 cm³/mol. The summed E-state index contributed by atoms with van der Waals surface area (Å²) in [5.41, 5.74) is 0. The van der Waals surface area contributed by atoms with E-state index in [1.165, 1.54) is 37.0 Å². The fourth-order valence-corrected chi connectivity index (χ4v) is 2.10. The summed E-state index contributed by atoms with van der Waals surface area (Å²) in [7, 11) is 1.43. The van der Waals surface area contributed by atoms with Crippen LogP contribution < -0.4 is 5.32 Å². The Bertz CT molecular complexity index is 455. The standard InChI is InChI=1S/C16H28N2O5S.2CH4/c1-7-24-22-10-18(12(4)8-9-13(5)19)15(20)14(11(2)3)23-16(21)17-6;;/h8-9,11-12,14H,7,10H2,1-6H3,(H,17,21);2*1H4/b9-8+;;. The molecule has 0 fully saturated rings. The summed E-state index contributed by atoms with van der Waals surface area (Å²) >= 11 is 1.23. The first kappa shape index (κ1) is 29.2. The lowest BCUT2D eigenvalue weighted by atomic mass is 10.1. The van der Waals surface area contributed by atoms with Gasteiger partial charge < -0.3 is 15.0 Å². The molecule has 0 aromatic heterocycles. The van der Waals surface area contributed by atoms with Crippen LogP contribution in [0.2, 0.25) is 0 Å². The predicted octanol–water partition coefficient (Wildman–Crippen LogP) is 3.64. The number of carbonyl (C=O) groups is 3. The van der Waals surface area contributed by atoms with E-state index in [0.717, 1.165) is 5.75 Å². The highest BCUT2D eigenvalue weighted by Crippen LogP contribution is 2.15. The number of hydrogen-bond donors (Lipinski definition) is 1. The molecule has 0 aliphatic rings. The summed E-state index contributed by atoms with van der Waals surface area (Å²) in [5.74, 6) is 0.0495. The Morgan fingerprint density at radius 1 is 1.19 bits per heavy atom. The Balaban J connectivity index is -0.00000264. The minimum atomic E-state index is -0.937. The third kappa shape index (κ3) is 11.1. The first-order valence-electron chi connectivity index (χ1n) is 7.86. The van der Waals surface area contributed by atoms with E-state index in [4.69, 9.17) is 8.92 Å². The average Bonchev–Trinajstić information content (AvgIpc) is 2.53. The lowest BCUT2D eigenvalue weighted by molar-refractivity contribution is -0.146. The molecular formula is C18H36N2O5S. The van der Waals surface area contributed by atoms with Crippen LogP contribution in [-0.4, -0.2) is 54.4 Å². The number of nitrogens with zero attached hydrogens (tertiary/aromatic N) is 1. The summed E-state index contributed by atoms with van der Waals surface area (Å²) < 4.78 is 10.6. The lowest BCUT2D eigenvalue weighted by Crippen LogP contribution is -2.48. The molecule has 26 heavy (non-hydrogen) atoms. The number of hydrogen-bond acceptors (Lipinski definition) is 6. The summed E-state index contributed by atoms with van der Waals surface area (Å²) in [6, 6.07) is -0.381. The number of alkyl carbamates (subject to hydrolysis) is 1. The maximum absolute atomic E-state index is 12.8. The number of ketones is 1. The van der Waals surface area contributed by atoms with Crippen molar-refractivity contribution in [2.45, 2.75) is 61.6 Å². The van der Waals surface area contributed by atoms with E-state index < -0.39 is 12.2 Å². The first-order valence-corrected chi connectivity index (χ1v) is 8.77. The maximum atomic E-state index is 12.8. The molecule has 7 nitrogen and oxygen atoms in total. The highest BCUT2D eigenvalue weighted by Gasteiger charge is 2.32. The Morgan fingerprint density at radius 2 is 1.77 bits per heavy atom. The quantitative estimate of drug-likeness (QED) is 0.264. The van der Waals surface area contributed by atoms with Crippen LogP contribution in [0.15, 0.2) is 12.2 Å². The van der Waals surface area contributed by atoms with Crippen LogP contribution >= 0.6 is 12.0 Å². The zero-order chi connectivity index (χ0) is 18.7. The molecule has 0 aromatic rings. The van der Waals surface area contributed by atoms with Crippen LogP contribution in [0.4, 0.5) is 4.79 Å². The average molecular weight is 393 g/mol. The van der Waals surface area contributed by atoms with Gasteiger partial charge in [-0.25, -0.2) is 4.79 Å². The number of carbonyl (C=O) groups excluding carboxylic acids is 3. The van der Waals surface area contributed by atoms with Crippen LogP contribution in [0.1, 0.15) is 49.5 Å². The molecule has 0 saturated carbocycles. The molecule has 1 N–H and O–H groups in total. The second kappa shape index (κ2) is 15.7. The van der Waals surface area contributed by atoms with E-state index in [9.17, 15) is 14.4 Å². The molecule has 154 valence electrons. The van der Waals surface area contributed by atoms with Gasteiger partial charge in [0.15, 0.2) is 11.9 Å². The first-order chi connectivity index (χ1) is 11.2. The SMILES string of the molecule is C.C.CCSOCN(C(=O)C(OC(=O)NC)C(C)C)C(C)/C=C/C(C)=O. The summed E-state index contributed by atoms with van der Waals surface area (Å²) in [5, 5.41) is 2.34. The van der Waals surface area contributed by atoms with Crippen molar-refractivity contribution in [1.29, 1.82) is 0 Å². The van der Waals surface area contributed by atoms with Crippen LogP contribution in [-0.2, 0) is 18.5 Å². The normalized spacial score (nSPS) is 12.6. The third-order valence-electron chi connectivity index (χ3n) is 3.06. The minimum Gasteiger partial charge on any atom is -0.436 e. The van der Waals surface area contributed by atoms with E-state index in [-0.39, 0.29) is 45.2 Å². The van der Waals surface area contributed by atoms with Gasteiger partial charge in [0, 0.05) is 12.8 Å². The molecule has 0 heterocycles. The van der Waals surface area contributed by atoms with Gasteiger partial charge in [-0.3, -0.25) is 13.8 Å². The number of amides is 2. The highest BCUT2D eigenvalue weighted by molar-refractivity contribution is 7.94. The van der Waals surface area contributed by atoms with Crippen molar-refractivity contribution < 1.29 is 23.3 Å². The van der Waals surface area contributed by atoms with Gasteiger partial charge in [-0.1, -0.05) is 41.7 Å². The van der Waals surface area contributed by atoms with Gasteiger partial charge in [0.05, 0.1) is 6.04 Å². The summed E-state index contributed by atoms with van der Waals surface area (Å²) in [6.45, 7) is 8.75. The van der Waals surface area contributed by atoms with Crippen molar-refractivity contribution in [3.8, 4) is 0 Å². The topological polar surface area (TPSA) is 84.9 Å². The fraction of sp³-hybridized carbons (Fsp3) is 0.722. The number of rotatable bonds is 10.